The van der Waals surface area contributed by atoms with Crippen molar-refractivity contribution >= 4 is 17.9 Å². The van der Waals surface area contributed by atoms with Gasteiger partial charge in [0.25, 0.3) is 0 Å². The fourth-order valence-electron chi connectivity index (χ4n) is 14.5. The van der Waals surface area contributed by atoms with Gasteiger partial charge < -0.3 is 39.0 Å². The summed E-state index contributed by atoms with van der Waals surface area (Å²) >= 11 is 0. The van der Waals surface area contributed by atoms with E-state index in [4.69, 9.17) is 28.8 Å². The van der Waals surface area contributed by atoms with E-state index in [0.717, 1.165) is 87.2 Å². The summed E-state index contributed by atoms with van der Waals surface area (Å²) in [5, 5.41) is 27.6. The number of hydrogen-bond acceptors (Lipinski definition) is 11. The zero-order chi connectivity index (χ0) is 81.6. The number of benzene rings is 9. The maximum atomic E-state index is 15.3. The zero-order valence-corrected chi connectivity index (χ0v) is 68.9. The molecule has 3 N–H and O–H groups in total. The van der Waals surface area contributed by atoms with Crippen molar-refractivity contribution in [2.45, 2.75) is 196 Å². The molecule has 0 radical (unpaired) electrons. The normalized spacial score (nSPS) is 13.0. The predicted octanol–water partition coefficient (Wildman–Crippen LogP) is 23.9. The van der Waals surface area contributed by atoms with E-state index in [1.54, 1.807) is 39.0 Å². The number of ether oxygens (including phenoxy) is 5. The molecule has 9 aromatic rings. The third-order valence-corrected chi connectivity index (χ3v) is 21.2. The molecule has 0 heterocycles. The largest absolute Gasteiger partial charge is 0.491 e. The highest BCUT2D eigenvalue weighted by Crippen LogP contribution is 2.40. The fraction of sp³-hybridized carbons (Fsp3) is 0.382. The molecular formula is C102H123FO11. The number of unbranched alkanes of at least 4 members (excludes halogenated alkanes) is 6. The number of aliphatic hydroxyl groups excluding tert-OH is 3. The van der Waals surface area contributed by atoms with E-state index in [0.29, 0.717) is 77.6 Å². The summed E-state index contributed by atoms with van der Waals surface area (Å²) in [4.78, 5) is 35.3. The van der Waals surface area contributed by atoms with Gasteiger partial charge in [0.05, 0.1) is 19.8 Å². The van der Waals surface area contributed by atoms with Gasteiger partial charge in [-0.05, 0) is 247 Å². The Bertz CT molecular complexity index is 4510. The molecule has 1 aliphatic carbocycles. The number of carbonyl (C=O) groups excluding carboxylic acids is 3. The van der Waals surface area contributed by atoms with Crippen LogP contribution in [0.2, 0.25) is 0 Å². The van der Waals surface area contributed by atoms with Gasteiger partial charge in [-0.25, -0.2) is 18.8 Å². The maximum Gasteiger partial charge on any atom is 0.333 e. The second kappa shape index (κ2) is 48.3. The Kier molecular flexibility index (Phi) is 37.9. The van der Waals surface area contributed by atoms with Crippen LogP contribution in [0.3, 0.4) is 0 Å². The monoisotopic (exact) mass is 1540 g/mol. The molecule has 1 aliphatic rings. The molecule has 0 unspecified atom stereocenters. The maximum absolute atomic E-state index is 15.3. The van der Waals surface area contributed by atoms with Crippen LogP contribution >= 0.6 is 0 Å². The first-order chi connectivity index (χ1) is 55.3. The van der Waals surface area contributed by atoms with Crippen LogP contribution in [0.5, 0.6) is 11.5 Å². The van der Waals surface area contributed by atoms with E-state index in [1.165, 1.54) is 134 Å². The van der Waals surface area contributed by atoms with Crippen LogP contribution in [0.1, 0.15) is 195 Å². The average molecular weight is 1540 g/mol. The zero-order valence-electron chi connectivity index (χ0n) is 68.9. The van der Waals surface area contributed by atoms with E-state index >= 15 is 4.39 Å². The van der Waals surface area contributed by atoms with Gasteiger partial charge in [-0.1, -0.05) is 256 Å². The van der Waals surface area contributed by atoms with Gasteiger partial charge in [0.1, 0.15) is 37.1 Å². The third kappa shape index (κ3) is 28.5. The molecule has 0 spiro atoms. The predicted molar refractivity (Wildman–Crippen MR) is 466 cm³/mol. The van der Waals surface area contributed by atoms with Crippen molar-refractivity contribution in [2.24, 2.45) is 5.92 Å². The van der Waals surface area contributed by atoms with E-state index in [1.807, 2.05) is 30.3 Å². The van der Waals surface area contributed by atoms with Gasteiger partial charge in [-0.2, -0.15) is 0 Å². The Balaban J connectivity index is 0.000000215. The molecule has 10 rings (SSSR count). The summed E-state index contributed by atoms with van der Waals surface area (Å²) in [6.07, 6.45) is 24.5. The van der Waals surface area contributed by atoms with Crippen molar-refractivity contribution in [3.63, 3.8) is 0 Å². The lowest BCUT2D eigenvalue weighted by Crippen LogP contribution is -2.13. The van der Waals surface area contributed by atoms with Gasteiger partial charge in [0.2, 0.25) is 0 Å². The third-order valence-electron chi connectivity index (χ3n) is 21.2. The van der Waals surface area contributed by atoms with Crippen LogP contribution in [0.15, 0.2) is 225 Å². The van der Waals surface area contributed by atoms with Gasteiger partial charge in [0, 0.05) is 48.3 Å². The van der Waals surface area contributed by atoms with E-state index < -0.39 is 11.9 Å². The minimum absolute atomic E-state index is 0.0618. The van der Waals surface area contributed by atoms with Crippen LogP contribution in [0.4, 0.5) is 4.39 Å². The molecule has 0 saturated heterocycles. The first-order valence-corrected chi connectivity index (χ1v) is 41.6. The van der Waals surface area contributed by atoms with E-state index in [-0.39, 0.29) is 58.0 Å². The van der Waals surface area contributed by atoms with Crippen LogP contribution in [-0.4, -0.2) is 86.1 Å². The highest BCUT2D eigenvalue weighted by Gasteiger charge is 2.23. The summed E-state index contributed by atoms with van der Waals surface area (Å²) in [7, 11) is 0. The Labute approximate surface area is 679 Å². The van der Waals surface area contributed by atoms with Crippen LogP contribution in [-0.2, 0) is 67.1 Å². The van der Waals surface area contributed by atoms with Crippen molar-refractivity contribution < 1.29 is 57.8 Å². The lowest BCUT2D eigenvalue weighted by Gasteiger charge is -2.29. The molecule has 11 nitrogen and oxygen atoms in total. The number of hydrogen-bond donors (Lipinski definition) is 3. The second-order valence-electron chi connectivity index (χ2n) is 30.4. The topological polar surface area (TPSA) is 158 Å². The summed E-state index contributed by atoms with van der Waals surface area (Å²) in [5.74, 6) is 1.39. The minimum Gasteiger partial charge on any atom is -0.491 e. The van der Waals surface area contributed by atoms with Gasteiger partial charge in [0.15, 0.2) is 0 Å². The van der Waals surface area contributed by atoms with Gasteiger partial charge in [-0.15, -0.1) is 0 Å². The first kappa shape index (κ1) is 89.6. The molecule has 114 heavy (non-hydrogen) atoms. The smallest absolute Gasteiger partial charge is 0.333 e. The Hall–Kier alpha value is -9.98. The number of halogens is 1. The number of carbonyl (C=O) groups is 3. The van der Waals surface area contributed by atoms with E-state index in [2.05, 4.69) is 187 Å². The molecule has 12 heteroatoms. The molecule has 0 amide bonds. The number of aliphatic hydroxyl groups is 3. The van der Waals surface area contributed by atoms with Crippen LogP contribution in [0, 0.1) is 18.7 Å². The Morgan fingerprint density at radius 2 is 0.798 bits per heavy atom. The molecule has 0 aliphatic heterocycles. The highest BCUT2D eigenvalue weighted by atomic mass is 19.1. The lowest BCUT2D eigenvalue weighted by atomic mass is 9.77. The lowest BCUT2D eigenvalue weighted by molar-refractivity contribution is -0.140. The average Bonchev–Trinajstić information content (AvgIpc) is 0.792. The summed E-state index contributed by atoms with van der Waals surface area (Å²) in [5.41, 5.74) is 23.0. The molecule has 0 bridgehead atoms. The van der Waals surface area contributed by atoms with E-state index in [9.17, 15) is 24.6 Å². The van der Waals surface area contributed by atoms with Gasteiger partial charge >= 0.3 is 17.9 Å². The van der Waals surface area contributed by atoms with Crippen molar-refractivity contribution in [1.82, 2.24) is 0 Å². The molecule has 1 saturated carbocycles. The molecule has 604 valence electrons. The van der Waals surface area contributed by atoms with Crippen molar-refractivity contribution in [3.05, 3.63) is 275 Å². The van der Waals surface area contributed by atoms with Crippen molar-refractivity contribution in [2.75, 3.05) is 52.9 Å². The first-order valence-electron chi connectivity index (χ1n) is 41.6. The number of rotatable bonds is 41. The molecule has 9 aromatic carbocycles. The summed E-state index contributed by atoms with van der Waals surface area (Å²) < 4.78 is 42.8. The molecule has 0 aromatic heterocycles. The second-order valence-corrected chi connectivity index (χ2v) is 30.4. The summed E-state index contributed by atoms with van der Waals surface area (Å²) in [6.45, 7) is 25.9. The molecule has 0 atom stereocenters. The Morgan fingerprint density at radius 1 is 0.368 bits per heavy atom. The molecule has 1 fully saturated rings. The standard InChI is InChI=1S/C38H48O4.C32H37FO4.C32H38O3/c1-5-6-7-8-29-9-11-30(12-10-29)31-13-15-32(16-14-31)36-19-17-33(25-28(36)4)34-18-20-37(41-24-22-39)35(26-34)21-23-42-38(40)27(2)3;1-4-5-6-8-24-10-12-25(13-11-24)27-16-17-29(30(33)21-27)28-15-14-26(9-7-18-34)31(22-28)36-19-20-37-32(35)23(2)3;1-4-5-6-8-25-10-14-27(15-11-25)29-18-19-31(28-16-12-26(13-17-28)9-7-21-33)30(23-29)20-22-35-32(34)24(2)3/h13-20,25-26,29-30,39H,2,5-12,21-24H2,1,3-4H3;10-17,21-22,34H,2,4-9,18-20H2,1,3H3;10-19,23,33H,2,4-9,20-22H2,1,3H3. The van der Waals surface area contributed by atoms with Crippen LogP contribution < -0.4 is 9.47 Å². The number of esters is 3. The van der Waals surface area contributed by atoms with Crippen LogP contribution in [0.25, 0.3) is 66.8 Å². The minimum atomic E-state index is -0.467. The van der Waals surface area contributed by atoms with Crippen molar-refractivity contribution in [1.29, 1.82) is 0 Å². The summed E-state index contributed by atoms with van der Waals surface area (Å²) in [6, 6.07) is 65.1. The SMILES string of the molecule is C=C(C)C(=O)OCCOc1cc(-c2ccc(-c3ccc(CCCCC)cc3)cc2F)ccc1CCCO.C=C(C)C(=O)OCCc1cc(-c2ccc(-c3ccc(C4CCC(CCCCC)CC4)cc3)c(C)c2)ccc1OCCO.C=C(C)C(=O)OCCc1cc(-c2ccc(CCCCC)cc2)ccc1-c1ccc(CCCO)cc1. The quantitative estimate of drug-likeness (QED) is 0.0145. The highest BCUT2D eigenvalue weighted by molar-refractivity contribution is 5.88. The fourth-order valence-corrected chi connectivity index (χ4v) is 14.5. The Morgan fingerprint density at radius 3 is 1.33 bits per heavy atom. The molecular weight excluding hydrogens is 1420 g/mol. The number of aryl methyl sites for hydroxylation is 5. The van der Waals surface area contributed by atoms with Gasteiger partial charge in [-0.3, -0.25) is 0 Å². The van der Waals surface area contributed by atoms with Crippen molar-refractivity contribution in [3.8, 4) is 78.3 Å².